The highest BCUT2D eigenvalue weighted by Crippen LogP contribution is 2.30. The molecule has 0 spiro atoms. The lowest BCUT2D eigenvalue weighted by molar-refractivity contribution is -0.117. The Kier molecular flexibility index (Phi) is 9.74. The van der Waals surface area contributed by atoms with Gasteiger partial charge in [0.1, 0.15) is 18.8 Å². The van der Waals surface area contributed by atoms with Gasteiger partial charge in [0.15, 0.2) is 11.5 Å². The van der Waals surface area contributed by atoms with E-state index in [1.807, 2.05) is 0 Å². The number of nitrogens with zero attached hydrogens (tertiary/aromatic N) is 2. The van der Waals surface area contributed by atoms with E-state index in [2.05, 4.69) is 24.1 Å². The number of carbonyl (C=O) groups is 2. The maximum atomic E-state index is 12.3. The fourth-order valence-corrected chi connectivity index (χ4v) is 2.51. The van der Waals surface area contributed by atoms with Crippen molar-refractivity contribution in [3.05, 3.63) is 18.2 Å². The summed E-state index contributed by atoms with van der Waals surface area (Å²) in [7, 11) is 3.09. The average Bonchev–Trinajstić information content (AvgIpc) is 2.64. The van der Waals surface area contributed by atoms with E-state index in [0.29, 0.717) is 23.8 Å². The van der Waals surface area contributed by atoms with E-state index in [4.69, 9.17) is 14.2 Å². The van der Waals surface area contributed by atoms with Gasteiger partial charge in [0.2, 0.25) is 5.91 Å². The second-order valence-corrected chi connectivity index (χ2v) is 7.63. The van der Waals surface area contributed by atoms with Crippen LogP contribution in [0.1, 0.15) is 34.6 Å². The van der Waals surface area contributed by atoms with Gasteiger partial charge >= 0.3 is 6.09 Å². The van der Waals surface area contributed by atoms with Crippen molar-refractivity contribution < 1.29 is 23.8 Å². The van der Waals surface area contributed by atoms with Gasteiger partial charge in [-0.3, -0.25) is 4.79 Å². The quantitative estimate of drug-likeness (QED) is 0.639. The molecule has 1 N–H and O–H groups in total. The van der Waals surface area contributed by atoms with Gasteiger partial charge in [-0.05, 0) is 46.0 Å². The molecule has 0 aliphatic rings. The summed E-state index contributed by atoms with van der Waals surface area (Å²) in [5.74, 6) is 0.809. The highest BCUT2D eigenvalue weighted by Gasteiger charge is 2.21. The van der Waals surface area contributed by atoms with Crippen molar-refractivity contribution in [2.24, 2.45) is 0 Å². The minimum Gasteiger partial charge on any atom is -0.493 e. The van der Waals surface area contributed by atoms with Crippen molar-refractivity contribution in [3.63, 3.8) is 0 Å². The van der Waals surface area contributed by atoms with E-state index in [-0.39, 0.29) is 12.5 Å². The van der Waals surface area contributed by atoms with Crippen LogP contribution in [0, 0.1) is 0 Å². The lowest BCUT2D eigenvalue weighted by Gasteiger charge is -2.24. The van der Waals surface area contributed by atoms with E-state index in [1.54, 1.807) is 46.1 Å². The Morgan fingerprint density at radius 3 is 2.31 bits per heavy atom. The zero-order valence-electron chi connectivity index (χ0n) is 18.7. The van der Waals surface area contributed by atoms with Crippen LogP contribution < -0.4 is 14.8 Å². The molecule has 164 valence electrons. The predicted octanol–water partition coefficient (Wildman–Crippen LogP) is 3.22. The second-order valence-electron chi connectivity index (χ2n) is 7.63. The molecule has 0 saturated heterocycles. The average molecular weight is 410 g/mol. The molecule has 8 nitrogen and oxygen atoms in total. The van der Waals surface area contributed by atoms with E-state index < -0.39 is 11.7 Å². The maximum absolute atomic E-state index is 12.3. The van der Waals surface area contributed by atoms with Crippen molar-refractivity contribution in [1.29, 1.82) is 0 Å². The summed E-state index contributed by atoms with van der Waals surface area (Å²) in [4.78, 5) is 27.8. The molecule has 0 radical (unpaired) electrons. The SMILES string of the molecule is CCN(CC)CCOc1cc(NC(=O)CN(C)C(=O)OC(C)(C)C)ccc1OC. The summed E-state index contributed by atoms with van der Waals surface area (Å²) in [6.07, 6.45) is -0.553. The number of carbonyl (C=O) groups excluding carboxylic acids is 2. The number of likely N-dealkylation sites (N-methyl/N-ethyl adjacent to an activating group) is 2. The summed E-state index contributed by atoms with van der Waals surface area (Å²) in [6, 6.07) is 5.17. The van der Waals surface area contributed by atoms with Gasteiger partial charge in [-0.15, -0.1) is 0 Å². The van der Waals surface area contributed by atoms with Crippen LogP contribution in [0.2, 0.25) is 0 Å². The molecule has 0 heterocycles. The Morgan fingerprint density at radius 1 is 1.10 bits per heavy atom. The number of anilines is 1. The molecular weight excluding hydrogens is 374 g/mol. The molecule has 8 heteroatoms. The third-order valence-electron chi connectivity index (χ3n) is 4.09. The number of rotatable bonds is 10. The maximum Gasteiger partial charge on any atom is 0.410 e. The molecule has 1 aromatic carbocycles. The molecule has 0 saturated carbocycles. The molecule has 0 aliphatic heterocycles. The Balaban J connectivity index is 2.69. The van der Waals surface area contributed by atoms with Crippen molar-refractivity contribution in [3.8, 4) is 11.5 Å². The predicted molar refractivity (Wildman–Crippen MR) is 114 cm³/mol. The third-order valence-corrected chi connectivity index (χ3v) is 4.09. The van der Waals surface area contributed by atoms with E-state index in [1.165, 1.54) is 11.9 Å². The number of benzene rings is 1. The minimum atomic E-state index is -0.616. The van der Waals surface area contributed by atoms with Gasteiger partial charge in [-0.25, -0.2) is 4.79 Å². The number of ether oxygens (including phenoxy) is 3. The molecule has 0 atom stereocenters. The first-order valence-corrected chi connectivity index (χ1v) is 9.86. The Bertz CT molecular complexity index is 669. The van der Waals surface area contributed by atoms with Crippen LogP contribution in [-0.4, -0.2) is 74.3 Å². The lowest BCUT2D eigenvalue weighted by atomic mass is 10.2. The van der Waals surface area contributed by atoms with Crippen molar-refractivity contribution >= 4 is 17.7 Å². The molecule has 0 bridgehead atoms. The zero-order chi connectivity index (χ0) is 22.0. The smallest absolute Gasteiger partial charge is 0.410 e. The molecular formula is C21H35N3O5. The van der Waals surface area contributed by atoms with Crippen LogP contribution in [0.25, 0.3) is 0 Å². The molecule has 1 aromatic rings. The van der Waals surface area contributed by atoms with Crippen LogP contribution in [0.4, 0.5) is 10.5 Å². The first kappa shape index (κ1) is 24.6. The summed E-state index contributed by atoms with van der Waals surface area (Å²) < 4.78 is 16.4. The van der Waals surface area contributed by atoms with Gasteiger partial charge in [-0.2, -0.15) is 0 Å². The molecule has 0 aliphatic carbocycles. The lowest BCUT2D eigenvalue weighted by Crippen LogP contribution is -2.38. The Labute approximate surface area is 174 Å². The monoisotopic (exact) mass is 409 g/mol. The largest absolute Gasteiger partial charge is 0.493 e. The molecule has 29 heavy (non-hydrogen) atoms. The molecule has 0 aromatic heterocycles. The first-order chi connectivity index (χ1) is 13.6. The fourth-order valence-electron chi connectivity index (χ4n) is 2.51. The van der Waals surface area contributed by atoms with Gasteiger partial charge in [-0.1, -0.05) is 13.8 Å². The molecule has 0 unspecified atom stereocenters. The number of nitrogens with one attached hydrogen (secondary N) is 1. The molecule has 2 amide bonds. The van der Waals surface area contributed by atoms with E-state index in [0.717, 1.165) is 19.6 Å². The minimum absolute atomic E-state index is 0.126. The summed E-state index contributed by atoms with van der Waals surface area (Å²) in [5, 5.41) is 2.77. The molecule has 1 rings (SSSR count). The zero-order valence-corrected chi connectivity index (χ0v) is 18.7. The Morgan fingerprint density at radius 2 is 1.76 bits per heavy atom. The second kappa shape index (κ2) is 11.5. The molecule has 0 fully saturated rings. The van der Waals surface area contributed by atoms with Crippen LogP contribution in [-0.2, 0) is 9.53 Å². The highest BCUT2D eigenvalue weighted by atomic mass is 16.6. The summed E-state index contributed by atoms with van der Waals surface area (Å²) in [6.45, 7) is 12.6. The fraction of sp³-hybridized carbons (Fsp3) is 0.619. The van der Waals surface area contributed by atoms with E-state index in [9.17, 15) is 9.59 Å². The van der Waals surface area contributed by atoms with Crippen molar-refractivity contribution in [2.75, 3.05) is 52.3 Å². The number of methoxy groups -OCH3 is 1. The van der Waals surface area contributed by atoms with Gasteiger partial charge < -0.3 is 29.3 Å². The van der Waals surface area contributed by atoms with Crippen LogP contribution in [0.15, 0.2) is 18.2 Å². The first-order valence-electron chi connectivity index (χ1n) is 9.86. The normalized spacial score (nSPS) is 11.2. The van der Waals surface area contributed by atoms with Crippen LogP contribution in [0.3, 0.4) is 0 Å². The van der Waals surface area contributed by atoms with Crippen molar-refractivity contribution in [2.45, 2.75) is 40.2 Å². The van der Waals surface area contributed by atoms with Crippen LogP contribution >= 0.6 is 0 Å². The summed E-state index contributed by atoms with van der Waals surface area (Å²) in [5.41, 5.74) is -0.0546. The number of hydrogen-bond donors (Lipinski definition) is 1. The topological polar surface area (TPSA) is 80.3 Å². The Hall–Kier alpha value is -2.48. The third kappa shape index (κ3) is 9.04. The summed E-state index contributed by atoms with van der Waals surface area (Å²) >= 11 is 0. The standard InChI is InChI=1S/C21H35N3O5/c1-8-24(9-2)12-13-28-18-14-16(10-11-17(18)27-7)22-19(25)15-23(6)20(26)29-21(3,4)5/h10-11,14H,8-9,12-13,15H2,1-7H3,(H,22,25). The van der Waals surface area contributed by atoms with Gasteiger partial charge in [0.25, 0.3) is 0 Å². The van der Waals surface area contributed by atoms with E-state index >= 15 is 0 Å². The van der Waals surface area contributed by atoms with Crippen molar-refractivity contribution in [1.82, 2.24) is 9.80 Å². The van der Waals surface area contributed by atoms with Gasteiger partial charge in [0.05, 0.1) is 7.11 Å². The van der Waals surface area contributed by atoms with Gasteiger partial charge in [0, 0.05) is 25.3 Å². The highest BCUT2D eigenvalue weighted by molar-refractivity contribution is 5.94. The number of hydrogen-bond acceptors (Lipinski definition) is 6. The number of amides is 2. The van der Waals surface area contributed by atoms with Crippen LogP contribution in [0.5, 0.6) is 11.5 Å².